The minimum Gasteiger partial charge on any atom is -0.505 e. The summed E-state index contributed by atoms with van der Waals surface area (Å²) in [7, 11) is 0. The van der Waals surface area contributed by atoms with E-state index >= 15 is 0 Å². The van der Waals surface area contributed by atoms with Gasteiger partial charge >= 0.3 is 0 Å². The van der Waals surface area contributed by atoms with Gasteiger partial charge in [0.15, 0.2) is 5.75 Å². The first-order valence-electron chi connectivity index (χ1n) is 3.75. The number of aromatic nitrogens is 2. The quantitative estimate of drug-likeness (QED) is 0.701. The zero-order chi connectivity index (χ0) is 8.27. The maximum atomic E-state index is 8.89. The van der Waals surface area contributed by atoms with Gasteiger partial charge in [-0.2, -0.15) is 0 Å². The fraction of sp³-hybridized carbons (Fsp3) is 0.500. The highest BCUT2D eigenvalue weighted by molar-refractivity contribution is 5.10. The molecule has 1 heterocycles. The van der Waals surface area contributed by atoms with E-state index in [-0.39, 0.29) is 5.75 Å². The molecule has 3 nitrogen and oxygen atoms in total. The smallest absolute Gasteiger partial charge is 0.152 e. The van der Waals surface area contributed by atoms with Crippen LogP contribution in [-0.2, 0) is 0 Å². The Balaban J connectivity index is 2.81. The van der Waals surface area contributed by atoms with Gasteiger partial charge in [0.2, 0.25) is 0 Å². The molecule has 1 aromatic heterocycles. The van der Waals surface area contributed by atoms with Gasteiger partial charge in [-0.05, 0) is 6.42 Å². The van der Waals surface area contributed by atoms with Crippen molar-refractivity contribution in [3.63, 3.8) is 0 Å². The fourth-order valence-corrected chi connectivity index (χ4v) is 0.768. The highest BCUT2D eigenvalue weighted by atomic mass is 16.3. The first-order chi connectivity index (χ1) is 5.24. The van der Waals surface area contributed by atoms with Crippen LogP contribution in [0.3, 0.4) is 0 Å². The summed E-state index contributed by atoms with van der Waals surface area (Å²) < 4.78 is 0. The fourth-order valence-electron chi connectivity index (χ4n) is 0.768. The van der Waals surface area contributed by atoms with Crippen molar-refractivity contribution in [1.29, 1.82) is 0 Å². The molecule has 60 valence electrons. The highest BCUT2D eigenvalue weighted by Gasteiger charge is 2.04. The lowest BCUT2D eigenvalue weighted by Crippen LogP contribution is -1.97. The number of nitrogens with zero attached hydrogens (tertiary/aromatic N) is 2. The summed E-state index contributed by atoms with van der Waals surface area (Å²) in [6.07, 6.45) is 3.87. The summed E-state index contributed by atoms with van der Waals surface area (Å²) in [6, 6.07) is 0. The molecule has 1 atom stereocenters. The number of rotatable bonds is 2. The summed E-state index contributed by atoms with van der Waals surface area (Å²) in [4.78, 5) is 7.98. The normalized spacial score (nSPS) is 12.9. The Hall–Kier alpha value is -1.12. The Bertz CT molecular complexity index is 220. The largest absolute Gasteiger partial charge is 0.505 e. The summed E-state index contributed by atoms with van der Waals surface area (Å²) in [5.74, 6) is 1.29. The van der Waals surface area contributed by atoms with Crippen molar-refractivity contribution in [3.05, 3.63) is 18.2 Å². The molecule has 0 aromatic carbocycles. The van der Waals surface area contributed by atoms with Crippen LogP contribution in [0.1, 0.15) is 32.0 Å². The third-order valence-corrected chi connectivity index (χ3v) is 1.71. The third-order valence-electron chi connectivity index (χ3n) is 1.71. The van der Waals surface area contributed by atoms with Gasteiger partial charge in [-0.1, -0.05) is 13.8 Å². The second-order valence-electron chi connectivity index (χ2n) is 2.61. The maximum Gasteiger partial charge on any atom is 0.152 e. The van der Waals surface area contributed by atoms with E-state index in [2.05, 4.69) is 23.8 Å². The molecule has 1 aromatic rings. The Kier molecular flexibility index (Phi) is 2.41. The van der Waals surface area contributed by atoms with E-state index in [0.717, 1.165) is 12.2 Å². The van der Waals surface area contributed by atoms with E-state index in [1.165, 1.54) is 12.4 Å². The van der Waals surface area contributed by atoms with Crippen molar-refractivity contribution < 1.29 is 5.11 Å². The molecule has 0 aliphatic carbocycles. The van der Waals surface area contributed by atoms with Gasteiger partial charge in [0.25, 0.3) is 0 Å². The van der Waals surface area contributed by atoms with Crippen molar-refractivity contribution in [2.24, 2.45) is 0 Å². The number of aromatic hydroxyl groups is 1. The van der Waals surface area contributed by atoms with Crippen molar-refractivity contribution in [3.8, 4) is 5.75 Å². The van der Waals surface area contributed by atoms with Crippen molar-refractivity contribution in [2.45, 2.75) is 26.2 Å². The molecule has 0 saturated heterocycles. The van der Waals surface area contributed by atoms with Crippen molar-refractivity contribution in [2.75, 3.05) is 0 Å². The third kappa shape index (κ3) is 1.90. The molecule has 0 radical (unpaired) electrons. The molecule has 1 rings (SSSR count). The number of hydrogen-bond donors (Lipinski definition) is 1. The molecule has 0 bridgehead atoms. The highest BCUT2D eigenvalue weighted by Crippen LogP contribution is 2.14. The van der Waals surface area contributed by atoms with E-state index in [4.69, 9.17) is 5.11 Å². The van der Waals surface area contributed by atoms with Crippen LogP contribution in [0.5, 0.6) is 5.75 Å². The van der Waals surface area contributed by atoms with Crippen LogP contribution in [0.15, 0.2) is 12.4 Å². The van der Waals surface area contributed by atoms with Gasteiger partial charge in [0.1, 0.15) is 5.82 Å². The van der Waals surface area contributed by atoms with Crippen LogP contribution < -0.4 is 0 Å². The first-order valence-corrected chi connectivity index (χ1v) is 3.75. The van der Waals surface area contributed by atoms with Crippen molar-refractivity contribution in [1.82, 2.24) is 9.97 Å². The molecule has 3 heteroatoms. The van der Waals surface area contributed by atoms with E-state index in [9.17, 15) is 0 Å². The number of hydrogen-bond acceptors (Lipinski definition) is 3. The average molecular weight is 152 g/mol. The SMILES string of the molecule is CCC(C)c1ncc(O)cn1. The molecule has 0 spiro atoms. The minimum atomic E-state index is 0.122. The Morgan fingerprint density at radius 3 is 2.45 bits per heavy atom. The molecular weight excluding hydrogens is 140 g/mol. The van der Waals surface area contributed by atoms with Crippen LogP contribution in [0.25, 0.3) is 0 Å². The molecule has 1 unspecified atom stereocenters. The lowest BCUT2D eigenvalue weighted by Gasteiger charge is -2.04. The van der Waals surface area contributed by atoms with Crippen molar-refractivity contribution >= 4 is 0 Å². The Morgan fingerprint density at radius 1 is 1.45 bits per heavy atom. The van der Waals surface area contributed by atoms with Gasteiger partial charge in [-0.3, -0.25) is 0 Å². The second-order valence-corrected chi connectivity index (χ2v) is 2.61. The average Bonchev–Trinajstić information content (AvgIpc) is 2.05. The Morgan fingerprint density at radius 2 is 2.00 bits per heavy atom. The molecule has 0 aliphatic rings. The predicted molar refractivity (Wildman–Crippen MR) is 42.4 cm³/mol. The van der Waals surface area contributed by atoms with Crippen LogP contribution in [0.2, 0.25) is 0 Å². The van der Waals surface area contributed by atoms with Crippen LogP contribution in [0.4, 0.5) is 0 Å². The van der Waals surface area contributed by atoms with E-state index in [1.54, 1.807) is 0 Å². The van der Waals surface area contributed by atoms with E-state index in [1.807, 2.05) is 0 Å². The zero-order valence-electron chi connectivity index (χ0n) is 6.78. The lowest BCUT2D eigenvalue weighted by molar-refractivity contribution is 0.467. The first kappa shape index (κ1) is 7.98. The summed E-state index contributed by atoms with van der Waals surface area (Å²) in [6.45, 7) is 4.15. The van der Waals surface area contributed by atoms with E-state index < -0.39 is 0 Å². The summed E-state index contributed by atoms with van der Waals surface area (Å²) in [5, 5.41) is 8.89. The molecular formula is C8H12N2O. The lowest BCUT2D eigenvalue weighted by atomic mass is 10.1. The molecule has 0 fully saturated rings. The zero-order valence-corrected chi connectivity index (χ0v) is 6.78. The van der Waals surface area contributed by atoms with Gasteiger partial charge in [-0.15, -0.1) is 0 Å². The summed E-state index contributed by atoms with van der Waals surface area (Å²) >= 11 is 0. The van der Waals surface area contributed by atoms with Crippen LogP contribution >= 0.6 is 0 Å². The van der Waals surface area contributed by atoms with Gasteiger partial charge in [0, 0.05) is 5.92 Å². The predicted octanol–water partition coefficient (Wildman–Crippen LogP) is 1.70. The van der Waals surface area contributed by atoms with Crippen LogP contribution in [0, 0.1) is 0 Å². The summed E-state index contributed by atoms with van der Waals surface area (Å²) in [5.41, 5.74) is 0. The maximum absolute atomic E-state index is 8.89. The molecule has 0 aliphatic heterocycles. The minimum absolute atomic E-state index is 0.122. The standard InChI is InChI=1S/C8H12N2O/c1-3-6(2)8-9-4-7(11)5-10-8/h4-6,11H,3H2,1-2H3. The van der Waals surface area contributed by atoms with Crippen LogP contribution in [-0.4, -0.2) is 15.1 Å². The van der Waals surface area contributed by atoms with Gasteiger partial charge in [0.05, 0.1) is 12.4 Å². The second kappa shape index (κ2) is 3.32. The molecule has 1 N–H and O–H groups in total. The Labute approximate surface area is 66.1 Å². The van der Waals surface area contributed by atoms with Gasteiger partial charge < -0.3 is 5.11 Å². The topological polar surface area (TPSA) is 46.0 Å². The van der Waals surface area contributed by atoms with E-state index in [0.29, 0.717) is 5.92 Å². The molecule has 11 heavy (non-hydrogen) atoms. The van der Waals surface area contributed by atoms with Gasteiger partial charge in [-0.25, -0.2) is 9.97 Å². The molecule has 0 saturated carbocycles. The monoisotopic (exact) mass is 152 g/mol. The molecule has 0 amide bonds.